The van der Waals surface area contributed by atoms with E-state index in [9.17, 15) is 9.59 Å². The van der Waals surface area contributed by atoms with Crippen molar-refractivity contribution in [1.29, 1.82) is 0 Å². The highest BCUT2D eigenvalue weighted by atomic mass is 35.5. The normalized spacial score (nSPS) is 19.6. The van der Waals surface area contributed by atoms with Gasteiger partial charge in [-0.3, -0.25) is 19.3 Å². The largest absolute Gasteiger partial charge is 0.330 e. The Morgan fingerprint density at radius 3 is 2.73 bits per heavy atom. The maximum Gasteiger partial charge on any atom is 0.247 e. The first-order chi connectivity index (χ1) is 19.8. The minimum Gasteiger partial charge on any atom is -0.330 e. The van der Waals surface area contributed by atoms with Gasteiger partial charge in [-0.15, -0.1) is 5.10 Å². The second-order valence-corrected chi connectivity index (χ2v) is 11.3. The van der Waals surface area contributed by atoms with Crippen molar-refractivity contribution in [3.8, 4) is 16.9 Å². The molecule has 2 aliphatic heterocycles. The molecule has 2 amide bonds. The van der Waals surface area contributed by atoms with Crippen LogP contribution in [0.25, 0.3) is 22.5 Å². The molecule has 1 N–H and O–H groups in total. The van der Waals surface area contributed by atoms with E-state index < -0.39 is 0 Å². The molecule has 0 radical (unpaired) electrons. The molecule has 10 nitrogen and oxygen atoms in total. The average molecular weight is 592 g/mol. The topological polar surface area (TPSA) is 111 Å². The van der Waals surface area contributed by atoms with Gasteiger partial charge in [0.2, 0.25) is 11.8 Å². The summed E-state index contributed by atoms with van der Waals surface area (Å²) < 4.78 is 3.32. The monoisotopic (exact) mass is 590 g/mol. The van der Waals surface area contributed by atoms with Crippen LogP contribution >= 0.6 is 23.2 Å². The second-order valence-electron chi connectivity index (χ2n) is 10.4. The number of hydrogen-bond acceptors (Lipinski definition) is 6. The molecule has 0 fully saturated rings. The molecule has 12 heteroatoms. The van der Waals surface area contributed by atoms with Crippen molar-refractivity contribution in [3.05, 3.63) is 76.4 Å². The van der Waals surface area contributed by atoms with Crippen molar-refractivity contribution in [2.45, 2.75) is 38.6 Å². The Hall–Kier alpha value is -4.02. The van der Waals surface area contributed by atoms with E-state index in [1.165, 1.54) is 0 Å². The molecule has 2 aliphatic rings. The van der Waals surface area contributed by atoms with E-state index in [1.54, 1.807) is 40.1 Å². The Morgan fingerprint density at radius 1 is 1.10 bits per heavy atom. The molecule has 0 saturated heterocycles. The smallest absolute Gasteiger partial charge is 0.247 e. The van der Waals surface area contributed by atoms with Gasteiger partial charge in [-0.25, -0.2) is 4.68 Å². The predicted octanol–water partition coefficient (Wildman–Crippen LogP) is 5.49. The lowest BCUT2D eigenvalue weighted by molar-refractivity contribution is -0.129. The fourth-order valence-corrected chi connectivity index (χ4v) is 5.92. The van der Waals surface area contributed by atoms with Gasteiger partial charge in [-0.1, -0.05) is 41.8 Å². The molecule has 210 valence electrons. The Balaban J connectivity index is 1.36. The van der Waals surface area contributed by atoms with Gasteiger partial charge in [0.1, 0.15) is 0 Å². The molecule has 0 spiro atoms. The zero-order valence-corrected chi connectivity index (χ0v) is 24.1. The van der Waals surface area contributed by atoms with Crippen LogP contribution in [0.3, 0.4) is 0 Å². The number of aromatic nitrogens is 6. The zero-order valence-electron chi connectivity index (χ0n) is 22.6. The number of nitrogens with zero attached hydrogens (tertiary/aromatic N) is 7. The SMILES string of the molecule is CC1CCCC(N2CCC(c3cc(Cl)ccc3-n3cc(Cl)nn3)=CC2=O)c2cc(ccn2)-c2c(cnn2C)NC1=O. The first-order valence-electron chi connectivity index (χ1n) is 13.5. The molecule has 3 aromatic heterocycles. The minimum atomic E-state index is -0.250. The third kappa shape index (κ3) is 5.37. The Labute approximate surface area is 247 Å². The van der Waals surface area contributed by atoms with Crippen LogP contribution in [0.4, 0.5) is 5.69 Å². The summed E-state index contributed by atoms with van der Waals surface area (Å²) in [5.74, 6) is -0.340. The van der Waals surface area contributed by atoms with Crippen molar-refractivity contribution >= 4 is 46.3 Å². The summed E-state index contributed by atoms with van der Waals surface area (Å²) in [7, 11) is 1.84. The highest BCUT2D eigenvalue weighted by Crippen LogP contribution is 2.37. The Morgan fingerprint density at radius 2 is 1.95 bits per heavy atom. The second kappa shape index (κ2) is 11.1. The Kier molecular flexibility index (Phi) is 7.35. The van der Waals surface area contributed by atoms with E-state index in [0.29, 0.717) is 36.5 Å². The third-order valence-electron chi connectivity index (χ3n) is 7.75. The van der Waals surface area contributed by atoms with E-state index in [1.807, 2.05) is 43.1 Å². The molecule has 6 rings (SSSR count). The van der Waals surface area contributed by atoms with E-state index >= 15 is 0 Å². The molecule has 0 aliphatic carbocycles. The first kappa shape index (κ1) is 27.2. The predicted molar refractivity (Wildman–Crippen MR) is 157 cm³/mol. The van der Waals surface area contributed by atoms with Gasteiger partial charge in [0.25, 0.3) is 0 Å². The van der Waals surface area contributed by atoms with E-state index in [4.69, 9.17) is 28.2 Å². The summed E-state index contributed by atoms with van der Waals surface area (Å²) in [6, 6.07) is 9.09. The van der Waals surface area contributed by atoms with Crippen LogP contribution in [0.1, 0.15) is 49.9 Å². The van der Waals surface area contributed by atoms with Crippen molar-refractivity contribution in [1.82, 2.24) is 34.7 Å². The van der Waals surface area contributed by atoms with E-state index in [2.05, 4.69) is 20.7 Å². The number of carbonyl (C=O) groups is 2. The lowest BCUT2D eigenvalue weighted by Crippen LogP contribution is -2.38. The van der Waals surface area contributed by atoms with Gasteiger partial charge in [-0.05, 0) is 55.2 Å². The molecule has 1 aromatic carbocycles. The third-order valence-corrected chi connectivity index (χ3v) is 8.16. The summed E-state index contributed by atoms with van der Waals surface area (Å²) in [5, 5.41) is 16.2. The zero-order chi connectivity index (χ0) is 28.7. The van der Waals surface area contributed by atoms with Gasteiger partial charge in [0.05, 0.1) is 41.2 Å². The quantitative estimate of drug-likeness (QED) is 0.338. The summed E-state index contributed by atoms with van der Waals surface area (Å²) in [4.78, 5) is 33.3. The van der Waals surface area contributed by atoms with Crippen molar-refractivity contribution < 1.29 is 9.59 Å². The standard InChI is InChI=1S/C29H28Cl2N8O2/c1-17-4-3-5-25(22-12-19(8-10-32-22)28-23(34-29(17)41)15-33-37(28)2)38-11-9-18(13-27(38)40)21-14-20(30)6-7-24(21)39-16-26(31)35-36-39/h6-8,10,12-17,25H,3-5,9,11H2,1-2H3,(H,34,41). The highest BCUT2D eigenvalue weighted by Gasteiger charge is 2.31. The van der Waals surface area contributed by atoms with Crippen LogP contribution in [-0.4, -0.2) is 53.0 Å². The van der Waals surface area contributed by atoms with Crippen LogP contribution in [0.5, 0.6) is 0 Å². The van der Waals surface area contributed by atoms with Crippen LogP contribution in [0.15, 0.2) is 55.0 Å². The number of hydrogen-bond donors (Lipinski definition) is 1. The fraction of sp³-hybridized carbons (Fsp3) is 0.310. The highest BCUT2D eigenvalue weighted by molar-refractivity contribution is 6.31. The number of rotatable bonds is 3. The van der Waals surface area contributed by atoms with Crippen molar-refractivity contribution in [2.75, 3.05) is 11.9 Å². The maximum absolute atomic E-state index is 13.8. The number of nitrogens with one attached hydrogen (secondary N) is 1. The number of amides is 2. The molecular weight excluding hydrogens is 563 g/mol. The van der Waals surface area contributed by atoms with Crippen molar-refractivity contribution in [2.24, 2.45) is 13.0 Å². The first-order valence-corrected chi connectivity index (χ1v) is 14.2. The van der Waals surface area contributed by atoms with Gasteiger partial charge in [0, 0.05) is 47.9 Å². The van der Waals surface area contributed by atoms with Crippen LogP contribution in [-0.2, 0) is 16.6 Å². The molecule has 41 heavy (non-hydrogen) atoms. The lowest BCUT2D eigenvalue weighted by atomic mass is 9.93. The van der Waals surface area contributed by atoms with Crippen LogP contribution in [0.2, 0.25) is 10.2 Å². The number of benzene rings is 1. The number of aryl methyl sites for hydroxylation is 1. The van der Waals surface area contributed by atoms with Crippen LogP contribution < -0.4 is 5.32 Å². The van der Waals surface area contributed by atoms with Gasteiger partial charge in [0.15, 0.2) is 5.15 Å². The molecule has 2 atom stereocenters. The Bertz CT molecular complexity index is 1680. The maximum atomic E-state index is 13.8. The minimum absolute atomic E-state index is 0.0433. The fourth-order valence-electron chi connectivity index (χ4n) is 5.62. The molecule has 2 unspecified atom stereocenters. The van der Waals surface area contributed by atoms with Crippen molar-refractivity contribution in [3.63, 3.8) is 0 Å². The molecule has 2 bridgehead atoms. The molecule has 5 heterocycles. The molecule has 4 aromatic rings. The summed E-state index contributed by atoms with van der Waals surface area (Å²) in [5.41, 5.74) is 5.53. The number of carbonyl (C=O) groups excluding carboxylic acids is 2. The number of fused-ring (bicyclic) bond motifs is 4. The van der Waals surface area contributed by atoms with Gasteiger partial charge < -0.3 is 10.2 Å². The van der Waals surface area contributed by atoms with E-state index in [0.717, 1.165) is 40.2 Å². The average Bonchev–Trinajstić information content (AvgIpc) is 3.55. The summed E-state index contributed by atoms with van der Waals surface area (Å²) in [6.45, 7) is 2.42. The molecule has 0 saturated carbocycles. The lowest BCUT2D eigenvalue weighted by Gasteiger charge is -2.34. The van der Waals surface area contributed by atoms with Crippen LogP contribution in [0, 0.1) is 5.92 Å². The molecular formula is C29H28Cl2N8O2. The van der Waals surface area contributed by atoms with Gasteiger partial charge >= 0.3 is 0 Å². The number of pyridine rings is 1. The summed E-state index contributed by atoms with van der Waals surface area (Å²) >= 11 is 12.4. The number of anilines is 1. The van der Waals surface area contributed by atoms with Gasteiger partial charge in [-0.2, -0.15) is 5.10 Å². The summed E-state index contributed by atoms with van der Waals surface area (Å²) in [6.07, 6.45) is 9.45. The van der Waals surface area contributed by atoms with E-state index in [-0.39, 0.29) is 28.9 Å². The number of halogens is 2.